The Morgan fingerprint density at radius 1 is 0.962 bits per heavy atom. The average Bonchev–Trinajstić information content (AvgIpc) is 2.67. The van der Waals surface area contributed by atoms with Crippen LogP contribution in [0.3, 0.4) is 0 Å². The SMILES string of the molecule is Cc1c(Cl)cccc1NC(=O)c1ccccc1OCCc1ccccc1. The first-order valence-electron chi connectivity index (χ1n) is 8.47. The Morgan fingerprint density at radius 3 is 2.50 bits per heavy atom. The number of halogens is 1. The minimum absolute atomic E-state index is 0.217. The van der Waals surface area contributed by atoms with E-state index in [4.69, 9.17) is 16.3 Å². The fourth-order valence-electron chi connectivity index (χ4n) is 2.64. The van der Waals surface area contributed by atoms with Gasteiger partial charge in [-0.05, 0) is 42.3 Å². The standard InChI is InChI=1S/C22H20ClNO2/c1-16-19(23)11-7-12-20(16)24-22(25)18-10-5-6-13-21(18)26-15-14-17-8-3-2-4-9-17/h2-13H,14-15H2,1H3,(H,24,25). The highest BCUT2D eigenvalue weighted by Gasteiger charge is 2.14. The minimum atomic E-state index is -0.217. The predicted octanol–water partition coefficient (Wildman–Crippen LogP) is 5.52. The van der Waals surface area contributed by atoms with Gasteiger partial charge in [0, 0.05) is 17.1 Å². The fourth-order valence-corrected chi connectivity index (χ4v) is 2.81. The highest BCUT2D eigenvalue weighted by Crippen LogP contribution is 2.25. The number of benzene rings is 3. The molecule has 0 aromatic heterocycles. The summed E-state index contributed by atoms with van der Waals surface area (Å²) in [6.45, 7) is 2.38. The summed E-state index contributed by atoms with van der Waals surface area (Å²) in [6, 6.07) is 22.8. The third kappa shape index (κ3) is 4.44. The number of para-hydroxylation sites is 1. The summed E-state index contributed by atoms with van der Waals surface area (Å²) in [7, 11) is 0. The molecule has 0 aliphatic carbocycles. The second-order valence-corrected chi connectivity index (χ2v) is 6.35. The molecule has 26 heavy (non-hydrogen) atoms. The molecule has 132 valence electrons. The number of rotatable bonds is 6. The molecule has 0 radical (unpaired) electrons. The number of ether oxygens (including phenoxy) is 1. The van der Waals surface area contributed by atoms with Gasteiger partial charge in [0.1, 0.15) is 5.75 Å². The van der Waals surface area contributed by atoms with Crippen molar-refractivity contribution in [1.29, 1.82) is 0 Å². The lowest BCUT2D eigenvalue weighted by Crippen LogP contribution is -2.15. The topological polar surface area (TPSA) is 38.3 Å². The Bertz CT molecular complexity index is 894. The lowest BCUT2D eigenvalue weighted by Gasteiger charge is -2.13. The van der Waals surface area contributed by atoms with Crippen LogP contribution < -0.4 is 10.1 Å². The van der Waals surface area contributed by atoms with Crippen LogP contribution in [0.1, 0.15) is 21.5 Å². The maximum Gasteiger partial charge on any atom is 0.259 e. The number of amides is 1. The molecule has 0 saturated carbocycles. The van der Waals surface area contributed by atoms with Gasteiger partial charge in [-0.2, -0.15) is 0 Å². The third-order valence-corrected chi connectivity index (χ3v) is 4.55. The molecule has 1 N–H and O–H groups in total. The number of carbonyl (C=O) groups is 1. The first kappa shape index (κ1) is 18.0. The first-order valence-corrected chi connectivity index (χ1v) is 8.85. The van der Waals surface area contributed by atoms with Crippen molar-refractivity contribution in [3.8, 4) is 5.75 Å². The van der Waals surface area contributed by atoms with E-state index in [2.05, 4.69) is 17.4 Å². The van der Waals surface area contributed by atoms with Gasteiger partial charge >= 0.3 is 0 Å². The largest absolute Gasteiger partial charge is 0.492 e. The molecule has 4 heteroatoms. The van der Waals surface area contributed by atoms with Crippen LogP contribution in [-0.2, 0) is 6.42 Å². The van der Waals surface area contributed by atoms with Crippen LogP contribution in [0, 0.1) is 6.92 Å². The summed E-state index contributed by atoms with van der Waals surface area (Å²) in [4.78, 5) is 12.7. The predicted molar refractivity (Wildman–Crippen MR) is 106 cm³/mol. The van der Waals surface area contributed by atoms with E-state index in [9.17, 15) is 4.79 Å². The molecular formula is C22H20ClNO2. The van der Waals surface area contributed by atoms with Crippen molar-refractivity contribution in [3.05, 3.63) is 94.5 Å². The van der Waals surface area contributed by atoms with E-state index in [0.29, 0.717) is 28.6 Å². The summed E-state index contributed by atoms with van der Waals surface area (Å²) >= 11 is 6.13. The van der Waals surface area contributed by atoms with Gasteiger partial charge in [-0.25, -0.2) is 0 Å². The molecule has 3 rings (SSSR count). The highest BCUT2D eigenvalue weighted by molar-refractivity contribution is 6.31. The highest BCUT2D eigenvalue weighted by atomic mass is 35.5. The lowest BCUT2D eigenvalue weighted by atomic mass is 10.1. The zero-order chi connectivity index (χ0) is 18.4. The molecule has 0 spiro atoms. The molecule has 3 aromatic carbocycles. The van der Waals surface area contributed by atoms with Crippen LogP contribution in [0.15, 0.2) is 72.8 Å². The Hall–Kier alpha value is -2.78. The molecule has 0 aliphatic heterocycles. The smallest absolute Gasteiger partial charge is 0.259 e. The number of hydrogen-bond donors (Lipinski definition) is 1. The normalized spacial score (nSPS) is 10.4. The van der Waals surface area contributed by atoms with Gasteiger partial charge in [0.25, 0.3) is 5.91 Å². The summed E-state index contributed by atoms with van der Waals surface area (Å²) in [5.41, 5.74) is 3.23. The van der Waals surface area contributed by atoms with E-state index in [1.165, 1.54) is 5.56 Å². The van der Waals surface area contributed by atoms with Crippen LogP contribution in [0.5, 0.6) is 5.75 Å². The number of anilines is 1. The van der Waals surface area contributed by atoms with E-state index in [0.717, 1.165) is 12.0 Å². The quantitative estimate of drug-likeness (QED) is 0.624. The zero-order valence-corrected chi connectivity index (χ0v) is 15.3. The molecule has 0 unspecified atom stereocenters. The van der Waals surface area contributed by atoms with Crippen LogP contribution in [-0.4, -0.2) is 12.5 Å². The van der Waals surface area contributed by atoms with Crippen molar-refractivity contribution in [1.82, 2.24) is 0 Å². The maximum absolute atomic E-state index is 12.7. The van der Waals surface area contributed by atoms with Gasteiger partial charge in [0.2, 0.25) is 0 Å². The van der Waals surface area contributed by atoms with Gasteiger partial charge < -0.3 is 10.1 Å². The number of nitrogens with one attached hydrogen (secondary N) is 1. The molecule has 0 heterocycles. The van der Waals surface area contributed by atoms with Crippen LogP contribution >= 0.6 is 11.6 Å². The summed E-state index contributed by atoms with van der Waals surface area (Å²) in [5, 5.41) is 3.53. The number of hydrogen-bond acceptors (Lipinski definition) is 2. The molecular weight excluding hydrogens is 346 g/mol. The van der Waals surface area contributed by atoms with E-state index in [1.54, 1.807) is 12.1 Å². The van der Waals surface area contributed by atoms with Gasteiger partial charge in [-0.3, -0.25) is 4.79 Å². The van der Waals surface area contributed by atoms with Gasteiger partial charge in [0.05, 0.1) is 12.2 Å². The lowest BCUT2D eigenvalue weighted by molar-refractivity contribution is 0.102. The van der Waals surface area contributed by atoms with Crippen molar-refractivity contribution >= 4 is 23.2 Å². The Kier molecular flexibility index (Phi) is 5.92. The van der Waals surface area contributed by atoms with Crippen molar-refractivity contribution in [2.24, 2.45) is 0 Å². The molecule has 1 amide bonds. The molecule has 0 atom stereocenters. The Labute approximate surface area is 158 Å². The van der Waals surface area contributed by atoms with E-state index in [-0.39, 0.29) is 5.91 Å². The van der Waals surface area contributed by atoms with E-state index in [1.807, 2.05) is 55.5 Å². The summed E-state index contributed by atoms with van der Waals surface area (Å²) in [6.07, 6.45) is 0.782. The molecule has 0 fully saturated rings. The second kappa shape index (κ2) is 8.54. The Morgan fingerprint density at radius 2 is 1.69 bits per heavy atom. The zero-order valence-electron chi connectivity index (χ0n) is 14.5. The van der Waals surface area contributed by atoms with Crippen molar-refractivity contribution < 1.29 is 9.53 Å². The molecule has 3 nitrogen and oxygen atoms in total. The average molecular weight is 366 g/mol. The van der Waals surface area contributed by atoms with Crippen LogP contribution in [0.25, 0.3) is 0 Å². The molecule has 0 saturated heterocycles. The molecule has 0 aliphatic rings. The monoisotopic (exact) mass is 365 g/mol. The van der Waals surface area contributed by atoms with Crippen LogP contribution in [0.4, 0.5) is 5.69 Å². The third-order valence-electron chi connectivity index (χ3n) is 4.14. The number of carbonyl (C=O) groups excluding carboxylic acids is 1. The molecule has 3 aromatic rings. The van der Waals surface area contributed by atoms with E-state index < -0.39 is 0 Å². The first-order chi connectivity index (χ1) is 12.6. The van der Waals surface area contributed by atoms with E-state index >= 15 is 0 Å². The fraction of sp³-hybridized carbons (Fsp3) is 0.136. The van der Waals surface area contributed by atoms with Crippen molar-refractivity contribution in [2.45, 2.75) is 13.3 Å². The van der Waals surface area contributed by atoms with Crippen molar-refractivity contribution in [3.63, 3.8) is 0 Å². The van der Waals surface area contributed by atoms with Crippen LogP contribution in [0.2, 0.25) is 5.02 Å². The summed E-state index contributed by atoms with van der Waals surface area (Å²) < 4.78 is 5.87. The van der Waals surface area contributed by atoms with Gasteiger partial charge in [-0.15, -0.1) is 0 Å². The van der Waals surface area contributed by atoms with Crippen molar-refractivity contribution in [2.75, 3.05) is 11.9 Å². The minimum Gasteiger partial charge on any atom is -0.492 e. The second-order valence-electron chi connectivity index (χ2n) is 5.95. The molecule has 0 bridgehead atoms. The van der Waals surface area contributed by atoms with Gasteiger partial charge in [-0.1, -0.05) is 60.1 Å². The Balaban J connectivity index is 1.70. The van der Waals surface area contributed by atoms with Gasteiger partial charge in [0.15, 0.2) is 0 Å². The summed E-state index contributed by atoms with van der Waals surface area (Å²) in [5.74, 6) is 0.353. The maximum atomic E-state index is 12.7.